The summed E-state index contributed by atoms with van der Waals surface area (Å²) in [5, 5.41) is 6.82. The van der Waals surface area contributed by atoms with Crippen molar-refractivity contribution in [3.05, 3.63) is 16.1 Å². The number of nitrogens with one attached hydrogen (secondary N) is 1. The summed E-state index contributed by atoms with van der Waals surface area (Å²) >= 11 is 1.76. The molecule has 0 aromatic carbocycles. The third-order valence-electron chi connectivity index (χ3n) is 4.56. The maximum Gasteiger partial charge on any atom is 0.0944 e. The van der Waals surface area contributed by atoms with Crippen molar-refractivity contribution >= 4 is 11.3 Å². The molecule has 1 fully saturated rings. The summed E-state index contributed by atoms with van der Waals surface area (Å²) in [5.74, 6) is 0.836. The van der Waals surface area contributed by atoms with Gasteiger partial charge in [-0.15, -0.1) is 11.3 Å². The fourth-order valence-electron chi connectivity index (χ4n) is 3.17. The topological polar surface area (TPSA) is 34.2 Å². The number of thiazole rings is 1. The van der Waals surface area contributed by atoms with Crippen molar-refractivity contribution in [3.8, 4) is 0 Å². The number of likely N-dealkylation sites (N-methyl/N-ethyl adjacent to an activating group) is 1. The smallest absolute Gasteiger partial charge is 0.0944 e. The Balaban J connectivity index is 2.10. The number of nitrogens with zero attached hydrogens (tertiary/aromatic N) is 1. The monoisotopic (exact) mass is 282 g/mol. The molecule has 108 valence electrons. The van der Waals surface area contributed by atoms with Crippen LogP contribution in [-0.2, 0) is 11.2 Å². The van der Waals surface area contributed by atoms with Crippen molar-refractivity contribution in [2.75, 3.05) is 14.2 Å². The van der Waals surface area contributed by atoms with Gasteiger partial charge in [0, 0.05) is 30.6 Å². The van der Waals surface area contributed by atoms with Crippen LogP contribution in [0.3, 0.4) is 0 Å². The first kappa shape index (κ1) is 14.9. The van der Waals surface area contributed by atoms with Gasteiger partial charge < -0.3 is 10.1 Å². The van der Waals surface area contributed by atoms with Gasteiger partial charge in [-0.05, 0) is 45.6 Å². The number of aryl methyl sites for hydroxylation is 1. The van der Waals surface area contributed by atoms with E-state index in [-0.39, 0.29) is 5.60 Å². The van der Waals surface area contributed by atoms with Gasteiger partial charge in [0.15, 0.2) is 0 Å². The summed E-state index contributed by atoms with van der Waals surface area (Å²) < 4.78 is 5.97. The lowest BCUT2D eigenvalue weighted by Gasteiger charge is -2.43. The minimum Gasteiger partial charge on any atom is -0.377 e. The third kappa shape index (κ3) is 3.36. The molecule has 1 unspecified atom stereocenters. The first-order valence-electron chi connectivity index (χ1n) is 7.23. The Morgan fingerprint density at radius 3 is 2.68 bits per heavy atom. The van der Waals surface area contributed by atoms with E-state index in [9.17, 15) is 0 Å². The fourth-order valence-corrected chi connectivity index (χ4v) is 3.99. The van der Waals surface area contributed by atoms with Crippen molar-refractivity contribution in [3.63, 3.8) is 0 Å². The Kier molecular flexibility index (Phi) is 4.98. The lowest BCUT2D eigenvalue weighted by molar-refractivity contribution is -0.0730. The normalized spacial score (nSPS) is 29.4. The van der Waals surface area contributed by atoms with E-state index < -0.39 is 0 Å². The molecule has 1 saturated carbocycles. The van der Waals surface area contributed by atoms with Gasteiger partial charge in [-0.2, -0.15) is 0 Å². The van der Waals surface area contributed by atoms with Crippen molar-refractivity contribution in [2.45, 2.75) is 57.6 Å². The Morgan fingerprint density at radius 2 is 2.21 bits per heavy atom. The zero-order chi connectivity index (χ0) is 13.9. The first-order valence-corrected chi connectivity index (χ1v) is 8.11. The molecule has 1 aliphatic carbocycles. The van der Waals surface area contributed by atoms with Crippen LogP contribution in [0.5, 0.6) is 0 Å². The highest BCUT2D eigenvalue weighted by molar-refractivity contribution is 7.09. The van der Waals surface area contributed by atoms with Crippen LogP contribution in [0, 0.1) is 12.8 Å². The maximum absolute atomic E-state index is 5.97. The molecular weight excluding hydrogens is 256 g/mol. The van der Waals surface area contributed by atoms with E-state index >= 15 is 0 Å². The third-order valence-corrected chi connectivity index (χ3v) is 5.54. The highest BCUT2D eigenvalue weighted by Crippen LogP contribution is 2.37. The largest absolute Gasteiger partial charge is 0.377 e. The van der Waals surface area contributed by atoms with Gasteiger partial charge in [0.05, 0.1) is 10.6 Å². The standard InChI is InChI=1S/C15H26N2OS/c1-11-5-7-15(18-4,8-6-11)13(16-3)9-14-17-12(2)10-19-14/h10-11,13,16H,5-9H2,1-4H3. The van der Waals surface area contributed by atoms with E-state index in [1.165, 1.54) is 17.8 Å². The van der Waals surface area contributed by atoms with E-state index in [2.05, 4.69) is 29.5 Å². The second-order valence-electron chi connectivity index (χ2n) is 5.88. The molecule has 2 rings (SSSR count). The van der Waals surface area contributed by atoms with Gasteiger partial charge in [0.1, 0.15) is 0 Å². The Labute approximate surface area is 120 Å². The zero-order valence-corrected chi connectivity index (χ0v) is 13.3. The average Bonchev–Trinajstić information content (AvgIpc) is 2.83. The molecule has 1 aromatic rings. The van der Waals surface area contributed by atoms with Gasteiger partial charge in [0.2, 0.25) is 0 Å². The van der Waals surface area contributed by atoms with Crippen LogP contribution in [0.25, 0.3) is 0 Å². The maximum atomic E-state index is 5.97. The van der Waals surface area contributed by atoms with E-state index in [4.69, 9.17) is 4.74 Å². The molecule has 0 radical (unpaired) electrons. The molecule has 1 aromatic heterocycles. The highest BCUT2D eigenvalue weighted by Gasteiger charge is 2.41. The van der Waals surface area contributed by atoms with Crippen molar-refractivity contribution in [2.24, 2.45) is 5.92 Å². The van der Waals surface area contributed by atoms with E-state index in [1.807, 2.05) is 14.2 Å². The molecule has 0 bridgehead atoms. The molecule has 4 heteroatoms. The molecule has 0 spiro atoms. The molecular formula is C15H26N2OS. The fraction of sp³-hybridized carbons (Fsp3) is 0.800. The SMILES string of the molecule is CNC(Cc1nc(C)cs1)C1(OC)CCC(C)CC1. The first-order chi connectivity index (χ1) is 9.09. The predicted molar refractivity (Wildman–Crippen MR) is 80.8 cm³/mol. The van der Waals surface area contributed by atoms with Crippen molar-refractivity contribution in [1.29, 1.82) is 0 Å². The van der Waals surface area contributed by atoms with Crippen LogP contribution in [0.1, 0.15) is 43.3 Å². The average molecular weight is 282 g/mol. The lowest BCUT2D eigenvalue weighted by atomic mass is 9.74. The molecule has 0 aliphatic heterocycles. The minimum atomic E-state index is -0.0131. The summed E-state index contributed by atoms with van der Waals surface area (Å²) in [6.45, 7) is 4.40. The summed E-state index contributed by atoms with van der Waals surface area (Å²) in [5.41, 5.74) is 1.11. The molecule has 1 heterocycles. The molecule has 1 aliphatic rings. The quantitative estimate of drug-likeness (QED) is 0.900. The van der Waals surface area contributed by atoms with Gasteiger partial charge in [-0.25, -0.2) is 4.98 Å². The second-order valence-corrected chi connectivity index (χ2v) is 6.82. The number of aromatic nitrogens is 1. The molecule has 1 atom stereocenters. The van der Waals surface area contributed by atoms with Gasteiger partial charge in [-0.3, -0.25) is 0 Å². The minimum absolute atomic E-state index is 0.0131. The molecule has 0 amide bonds. The van der Waals surface area contributed by atoms with Crippen LogP contribution >= 0.6 is 11.3 Å². The van der Waals surface area contributed by atoms with E-state index in [1.54, 1.807) is 11.3 Å². The van der Waals surface area contributed by atoms with Crippen LogP contribution in [0.4, 0.5) is 0 Å². The number of hydrogen-bond acceptors (Lipinski definition) is 4. The second kappa shape index (κ2) is 6.33. The van der Waals surface area contributed by atoms with Crippen molar-refractivity contribution in [1.82, 2.24) is 10.3 Å². The van der Waals surface area contributed by atoms with Crippen LogP contribution < -0.4 is 5.32 Å². The Bertz CT molecular complexity index is 397. The molecule has 1 N–H and O–H groups in total. The summed E-state index contributed by atoms with van der Waals surface area (Å²) in [6.07, 6.45) is 5.81. The van der Waals surface area contributed by atoms with Crippen LogP contribution in [-0.4, -0.2) is 30.8 Å². The number of ether oxygens (including phenoxy) is 1. The zero-order valence-electron chi connectivity index (χ0n) is 12.5. The van der Waals surface area contributed by atoms with Gasteiger partial charge in [0.25, 0.3) is 0 Å². The molecule has 3 nitrogen and oxygen atoms in total. The molecule has 0 saturated heterocycles. The van der Waals surface area contributed by atoms with Crippen LogP contribution in [0.2, 0.25) is 0 Å². The van der Waals surface area contributed by atoms with Crippen LogP contribution in [0.15, 0.2) is 5.38 Å². The van der Waals surface area contributed by atoms with Gasteiger partial charge in [-0.1, -0.05) is 6.92 Å². The number of methoxy groups -OCH3 is 1. The predicted octanol–water partition coefficient (Wildman–Crippen LogP) is 3.18. The van der Waals surface area contributed by atoms with Gasteiger partial charge >= 0.3 is 0 Å². The molecule has 19 heavy (non-hydrogen) atoms. The Hall–Kier alpha value is -0.450. The highest BCUT2D eigenvalue weighted by atomic mass is 32.1. The summed E-state index contributed by atoms with van der Waals surface area (Å²) in [4.78, 5) is 4.60. The lowest BCUT2D eigenvalue weighted by Crippen LogP contribution is -2.54. The Morgan fingerprint density at radius 1 is 1.53 bits per heavy atom. The number of hydrogen-bond donors (Lipinski definition) is 1. The summed E-state index contributed by atoms with van der Waals surface area (Å²) in [6, 6.07) is 0.357. The van der Waals surface area contributed by atoms with E-state index in [0.29, 0.717) is 6.04 Å². The van der Waals surface area contributed by atoms with Crippen molar-refractivity contribution < 1.29 is 4.74 Å². The number of rotatable bonds is 5. The summed E-state index contributed by atoms with van der Waals surface area (Å²) in [7, 11) is 3.91. The van der Waals surface area contributed by atoms with E-state index in [0.717, 1.165) is 30.9 Å².